The predicted molar refractivity (Wildman–Crippen MR) is 82.9 cm³/mol. The van der Waals surface area contributed by atoms with Gasteiger partial charge in [0.25, 0.3) is 0 Å². The monoisotopic (exact) mass is 305 g/mol. The molecule has 0 spiro atoms. The molecule has 0 aliphatic heterocycles. The highest BCUT2D eigenvalue weighted by molar-refractivity contribution is 7.91. The highest BCUT2D eigenvalue weighted by Gasteiger charge is 2.17. The van der Waals surface area contributed by atoms with Crippen LogP contribution in [-0.4, -0.2) is 24.1 Å². The number of nitrogens with one attached hydrogen (secondary N) is 1. The molecule has 2 aromatic rings. The van der Waals surface area contributed by atoms with Crippen molar-refractivity contribution in [3.05, 3.63) is 48.0 Å². The summed E-state index contributed by atoms with van der Waals surface area (Å²) in [6.07, 6.45) is 3.97. The van der Waals surface area contributed by atoms with E-state index in [1.165, 1.54) is 0 Å². The van der Waals surface area contributed by atoms with E-state index in [2.05, 4.69) is 15.3 Å². The summed E-state index contributed by atoms with van der Waals surface area (Å²) in [5.41, 5.74) is 2.22. The molecule has 1 heterocycles. The smallest absolute Gasteiger partial charge is 0.180 e. The van der Waals surface area contributed by atoms with Gasteiger partial charge in [-0.05, 0) is 25.5 Å². The fourth-order valence-electron chi connectivity index (χ4n) is 1.96. The lowest BCUT2D eigenvalue weighted by molar-refractivity contribution is 0.595. The summed E-state index contributed by atoms with van der Waals surface area (Å²) in [4.78, 5) is 8.76. The summed E-state index contributed by atoms with van der Waals surface area (Å²) >= 11 is 0. The standard InChI is InChI=1S/C15H19N3O2S/c1-3-8-21(19,20)15-7-5-4-6-14(15)18-11-13-10-16-12(2)9-17-13/h4-7,9-10,18H,3,8,11H2,1-2H3. The van der Waals surface area contributed by atoms with Crippen LogP contribution in [0, 0.1) is 6.92 Å². The van der Waals surface area contributed by atoms with Crippen molar-refractivity contribution < 1.29 is 8.42 Å². The van der Waals surface area contributed by atoms with Crippen molar-refractivity contribution in [3.63, 3.8) is 0 Å². The normalized spacial score (nSPS) is 11.3. The molecular weight excluding hydrogens is 286 g/mol. The van der Waals surface area contributed by atoms with Gasteiger partial charge in [0.2, 0.25) is 0 Å². The van der Waals surface area contributed by atoms with Crippen LogP contribution in [0.25, 0.3) is 0 Å². The van der Waals surface area contributed by atoms with Gasteiger partial charge in [-0.3, -0.25) is 9.97 Å². The fourth-order valence-corrected chi connectivity index (χ4v) is 3.48. The summed E-state index contributed by atoms with van der Waals surface area (Å²) in [5, 5.41) is 3.13. The maximum absolute atomic E-state index is 12.2. The Morgan fingerprint density at radius 2 is 1.90 bits per heavy atom. The Hall–Kier alpha value is -1.95. The number of rotatable bonds is 6. The van der Waals surface area contributed by atoms with Gasteiger partial charge in [-0.1, -0.05) is 19.1 Å². The zero-order valence-corrected chi connectivity index (χ0v) is 13.0. The number of benzene rings is 1. The third-order valence-corrected chi connectivity index (χ3v) is 4.96. The van der Waals surface area contributed by atoms with Crippen molar-refractivity contribution in [2.45, 2.75) is 31.7 Å². The topological polar surface area (TPSA) is 72.0 Å². The molecule has 1 aromatic carbocycles. The highest BCUT2D eigenvalue weighted by atomic mass is 32.2. The summed E-state index contributed by atoms with van der Waals surface area (Å²) in [6.45, 7) is 4.16. The minimum Gasteiger partial charge on any atom is -0.378 e. The largest absolute Gasteiger partial charge is 0.378 e. The van der Waals surface area contributed by atoms with Gasteiger partial charge in [0.15, 0.2) is 9.84 Å². The minimum absolute atomic E-state index is 0.149. The zero-order valence-electron chi connectivity index (χ0n) is 12.2. The molecule has 5 nitrogen and oxygen atoms in total. The molecule has 0 aliphatic rings. The number of anilines is 1. The van der Waals surface area contributed by atoms with Crippen molar-refractivity contribution in [3.8, 4) is 0 Å². The Kier molecular flexibility index (Phi) is 4.90. The SMILES string of the molecule is CCCS(=O)(=O)c1ccccc1NCc1cnc(C)cn1. The molecule has 0 bridgehead atoms. The Labute approximate surface area is 125 Å². The number of aryl methyl sites for hydroxylation is 1. The molecule has 6 heteroatoms. The van der Waals surface area contributed by atoms with E-state index in [4.69, 9.17) is 0 Å². The first-order valence-electron chi connectivity index (χ1n) is 6.86. The van der Waals surface area contributed by atoms with Gasteiger partial charge >= 0.3 is 0 Å². The lowest BCUT2D eigenvalue weighted by Crippen LogP contribution is -2.11. The molecular formula is C15H19N3O2S. The van der Waals surface area contributed by atoms with Crippen LogP contribution in [0.5, 0.6) is 0 Å². The van der Waals surface area contributed by atoms with Crippen LogP contribution in [0.3, 0.4) is 0 Å². The van der Waals surface area contributed by atoms with Gasteiger partial charge in [-0.2, -0.15) is 0 Å². The molecule has 0 aliphatic carbocycles. The average Bonchev–Trinajstić information content (AvgIpc) is 2.47. The van der Waals surface area contributed by atoms with Crippen molar-refractivity contribution in [1.29, 1.82) is 0 Å². The average molecular weight is 305 g/mol. The van der Waals surface area contributed by atoms with Crippen LogP contribution in [0.2, 0.25) is 0 Å². The summed E-state index contributed by atoms with van der Waals surface area (Å²) in [6, 6.07) is 6.95. The van der Waals surface area contributed by atoms with Crippen LogP contribution in [-0.2, 0) is 16.4 Å². The van der Waals surface area contributed by atoms with E-state index in [0.717, 1.165) is 11.4 Å². The molecule has 1 aromatic heterocycles. The number of para-hydroxylation sites is 1. The van der Waals surface area contributed by atoms with E-state index in [1.54, 1.807) is 30.6 Å². The van der Waals surface area contributed by atoms with Gasteiger partial charge in [0.1, 0.15) is 0 Å². The van der Waals surface area contributed by atoms with Crippen molar-refractivity contribution in [2.24, 2.45) is 0 Å². The van der Waals surface area contributed by atoms with Gasteiger partial charge in [-0.15, -0.1) is 0 Å². The van der Waals surface area contributed by atoms with E-state index in [9.17, 15) is 8.42 Å². The third-order valence-electron chi connectivity index (χ3n) is 2.99. The molecule has 0 fully saturated rings. The second kappa shape index (κ2) is 6.67. The zero-order chi connectivity index (χ0) is 15.3. The fraction of sp³-hybridized carbons (Fsp3) is 0.333. The highest BCUT2D eigenvalue weighted by Crippen LogP contribution is 2.23. The Balaban J connectivity index is 2.19. The van der Waals surface area contributed by atoms with Crippen molar-refractivity contribution in [2.75, 3.05) is 11.1 Å². The minimum atomic E-state index is -3.25. The van der Waals surface area contributed by atoms with Crippen molar-refractivity contribution >= 4 is 15.5 Å². The van der Waals surface area contributed by atoms with Gasteiger partial charge < -0.3 is 5.32 Å². The number of hydrogen-bond acceptors (Lipinski definition) is 5. The summed E-state index contributed by atoms with van der Waals surface area (Å²) in [7, 11) is -3.25. The molecule has 112 valence electrons. The Morgan fingerprint density at radius 3 is 2.57 bits per heavy atom. The molecule has 21 heavy (non-hydrogen) atoms. The Morgan fingerprint density at radius 1 is 1.14 bits per heavy atom. The Bertz CT molecular complexity index is 697. The number of nitrogens with zero attached hydrogens (tertiary/aromatic N) is 2. The summed E-state index contributed by atoms with van der Waals surface area (Å²) in [5.74, 6) is 0.149. The lowest BCUT2D eigenvalue weighted by Gasteiger charge is -2.12. The lowest BCUT2D eigenvalue weighted by atomic mass is 10.3. The first kappa shape index (κ1) is 15.4. The second-order valence-corrected chi connectivity index (χ2v) is 6.90. The molecule has 0 saturated heterocycles. The van der Waals surface area contributed by atoms with E-state index >= 15 is 0 Å². The maximum atomic E-state index is 12.2. The van der Waals surface area contributed by atoms with E-state index in [1.807, 2.05) is 19.9 Å². The van der Waals surface area contributed by atoms with Crippen LogP contribution in [0.1, 0.15) is 24.7 Å². The number of aromatic nitrogens is 2. The molecule has 1 N–H and O–H groups in total. The molecule has 0 atom stereocenters. The summed E-state index contributed by atoms with van der Waals surface area (Å²) < 4.78 is 24.5. The van der Waals surface area contributed by atoms with Crippen LogP contribution in [0.15, 0.2) is 41.6 Å². The van der Waals surface area contributed by atoms with E-state index in [-0.39, 0.29) is 5.75 Å². The van der Waals surface area contributed by atoms with Crippen LogP contribution in [0.4, 0.5) is 5.69 Å². The first-order chi connectivity index (χ1) is 10.0. The first-order valence-corrected chi connectivity index (χ1v) is 8.51. The molecule has 0 amide bonds. The number of hydrogen-bond donors (Lipinski definition) is 1. The molecule has 2 rings (SSSR count). The van der Waals surface area contributed by atoms with Gasteiger partial charge in [0.05, 0.1) is 40.5 Å². The quantitative estimate of drug-likeness (QED) is 0.888. The number of sulfone groups is 1. The third kappa shape index (κ3) is 4.01. The van der Waals surface area contributed by atoms with Crippen molar-refractivity contribution in [1.82, 2.24) is 9.97 Å². The maximum Gasteiger partial charge on any atom is 0.180 e. The molecule has 0 radical (unpaired) electrons. The predicted octanol–water partition coefficient (Wildman–Crippen LogP) is 2.58. The van der Waals surface area contributed by atoms with E-state index < -0.39 is 9.84 Å². The molecule has 0 unspecified atom stereocenters. The van der Waals surface area contributed by atoms with E-state index in [0.29, 0.717) is 23.5 Å². The van der Waals surface area contributed by atoms with Gasteiger partial charge in [-0.25, -0.2) is 8.42 Å². The van der Waals surface area contributed by atoms with Crippen LogP contribution < -0.4 is 5.32 Å². The van der Waals surface area contributed by atoms with Gasteiger partial charge in [0, 0.05) is 6.20 Å². The second-order valence-electron chi connectivity index (χ2n) is 4.82. The molecule has 0 saturated carbocycles. The van der Waals surface area contributed by atoms with Crippen LogP contribution >= 0.6 is 0 Å².